The molecule has 0 bridgehead atoms. The maximum atomic E-state index is 11.8. The Balaban J connectivity index is 2.02. The SMILES string of the molecule is CCN(CC)CCCNCC(=O)NC1CCCCCC1. The second-order valence-electron chi connectivity index (χ2n) is 5.81. The number of nitrogens with one attached hydrogen (secondary N) is 2. The fraction of sp³-hybridized carbons (Fsp3) is 0.938. The molecule has 0 saturated heterocycles. The first kappa shape index (κ1) is 17.4. The van der Waals surface area contributed by atoms with Crippen molar-refractivity contribution in [2.24, 2.45) is 0 Å². The van der Waals surface area contributed by atoms with Gasteiger partial charge < -0.3 is 15.5 Å². The van der Waals surface area contributed by atoms with Crippen LogP contribution >= 0.6 is 0 Å². The average molecular weight is 283 g/mol. The summed E-state index contributed by atoms with van der Waals surface area (Å²) in [5, 5.41) is 6.42. The number of carbonyl (C=O) groups excluding carboxylic acids is 1. The van der Waals surface area contributed by atoms with Gasteiger partial charge in [0.2, 0.25) is 5.91 Å². The molecule has 20 heavy (non-hydrogen) atoms. The van der Waals surface area contributed by atoms with Gasteiger partial charge in [0.15, 0.2) is 0 Å². The topological polar surface area (TPSA) is 44.4 Å². The highest BCUT2D eigenvalue weighted by Crippen LogP contribution is 2.16. The Kier molecular flexibility index (Phi) is 9.67. The normalized spacial score (nSPS) is 17.1. The van der Waals surface area contributed by atoms with Crippen LogP contribution in [0.2, 0.25) is 0 Å². The van der Waals surface area contributed by atoms with E-state index in [0.717, 1.165) is 45.4 Å². The summed E-state index contributed by atoms with van der Waals surface area (Å²) in [6, 6.07) is 0.419. The van der Waals surface area contributed by atoms with Gasteiger partial charge in [-0.05, 0) is 45.4 Å². The van der Waals surface area contributed by atoms with Crippen LogP contribution in [0.15, 0.2) is 0 Å². The molecular formula is C16H33N3O. The van der Waals surface area contributed by atoms with Crippen LogP contribution < -0.4 is 10.6 Å². The molecule has 1 fully saturated rings. The second kappa shape index (κ2) is 11.1. The Morgan fingerprint density at radius 1 is 1.10 bits per heavy atom. The summed E-state index contributed by atoms with van der Waals surface area (Å²) in [7, 11) is 0. The van der Waals surface area contributed by atoms with Gasteiger partial charge in [-0.3, -0.25) is 4.79 Å². The van der Waals surface area contributed by atoms with Crippen molar-refractivity contribution in [2.45, 2.75) is 64.8 Å². The van der Waals surface area contributed by atoms with E-state index in [1.54, 1.807) is 0 Å². The summed E-state index contributed by atoms with van der Waals surface area (Å²) < 4.78 is 0. The van der Waals surface area contributed by atoms with Crippen molar-refractivity contribution < 1.29 is 4.79 Å². The molecule has 4 heteroatoms. The van der Waals surface area contributed by atoms with Crippen LogP contribution in [-0.4, -0.2) is 49.6 Å². The molecule has 1 aliphatic rings. The van der Waals surface area contributed by atoms with Crippen molar-refractivity contribution >= 4 is 5.91 Å². The highest BCUT2D eigenvalue weighted by Gasteiger charge is 2.14. The lowest BCUT2D eigenvalue weighted by molar-refractivity contribution is -0.121. The average Bonchev–Trinajstić information content (AvgIpc) is 2.71. The number of carbonyl (C=O) groups is 1. The van der Waals surface area contributed by atoms with Crippen LogP contribution in [0.4, 0.5) is 0 Å². The summed E-state index contributed by atoms with van der Waals surface area (Å²) in [5.41, 5.74) is 0. The molecule has 1 saturated carbocycles. The number of hydrogen-bond donors (Lipinski definition) is 2. The van der Waals surface area contributed by atoms with Crippen molar-refractivity contribution in [2.75, 3.05) is 32.7 Å². The van der Waals surface area contributed by atoms with Crippen LogP contribution in [0.3, 0.4) is 0 Å². The number of amides is 1. The largest absolute Gasteiger partial charge is 0.352 e. The van der Waals surface area contributed by atoms with Crippen LogP contribution in [0, 0.1) is 0 Å². The zero-order valence-electron chi connectivity index (χ0n) is 13.4. The lowest BCUT2D eigenvalue weighted by atomic mass is 10.1. The Morgan fingerprint density at radius 2 is 1.75 bits per heavy atom. The lowest BCUT2D eigenvalue weighted by Crippen LogP contribution is -2.40. The second-order valence-corrected chi connectivity index (χ2v) is 5.81. The number of rotatable bonds is 9. The highest BCUT2D eigenvalue weighted by atomic mass is 16.1. The monoisotopic (exact) mass is 283 g/mol. The van der Waals surface area contributed by atoms with Gasteiger partial charge in [-0.15, -0.1) is 0 Å². The summed E-state index contributed by atoms with van der Waals surface area (Å²) in [6.07, 6.45) is 8.62. The standard InChI is InChI=1S/C16H33N3O/c1-3-19(4-2)13-9-12-17-14-16(20)18-15-10-7-5-6-8-11-15/h15,17H,3-14H2,1-2H3,(H,18,20). The van der Waals surface area contributed by atoms with Crippen molar-refractivity contribution in [1.82, 2.24) is 15.5 Å². The van der Waals surface area contributed by atoms with Gasteiger partial charge in [-0.25, -0.2) is 0 Å². The van der Waals surface area contributed by atoms with Crippen LogP contribution in [0.5, 0.6) is 0 Å². The number of hydrogen-bond acceptors (Lipinski definition) is 3. The minimum absolute atomic E-state index is 0.166. The molecule has 0 aliphatic heterocycles. The van der Waals surface area contributed by atoms with Crippen molar-refractivity contribution in [3.05, 3.63) is 0 Å². The molecule has 0 radical (unpaired) electrons. The van der Waals surface area contributed by atoms with Crippen molar-refractivity contribution in [1.29, 1.82) is 0 Å². The van der Waals surface area contributed by atoms with E-state index in [1.165, 1.54) is 25.7 Å². The molecular weight excluding hydrogens is 250 g/mol. The summed E-state index contributed by atoms with van der Waals surface area (Å²) >= 11 is 0. The minimum atomic E-state index is 0.166. The third-order valence-corrected chi connectivity index (χ3v) is 4.23. The van der Waals surface area contributed by atoms with Crippen LogP contribution in [0.1, 0.15) is 58.8 Å². The molecule has 0 atom stereocenters. The molecule has 1 aliphatic carbocycles. The van der Waals surface area contributed by atoms with Crippen LogP contribution in [-0.2, 0) is 4.79 Å². The third kappa shape index (κ3) is 7.85. The maximum Gasteiger partial charge on any atom is 0.234 e. The van der Waals surface area contributed by atoms with E-state index in [9.17, 15) is 4.79 Å². The maximum absolute atomic E-state index is 11.8. The first-order valence-electron chi connectivity index (χ1n) is 8.48. The van der Waals surface area contributed by atoms with Gasteiger partial charge in [-0.2, -0.15) is 0 Å². The van der Waals surface area contributed by atoms with Gasteiger partial charge in [0, 0.05) is 6.04 Å². The molecule has 1 amide bonds. The lowest BCUT2D eigenvalue weighted by Gasteiger charge is -2.18. The quantitative estimate of drug-likeness (QED) is 0.503. The fourth-order valence-electron chi connectivity index (χ4n) is 2.87. The molecule has 4 nitrogen and oxygen atoms in total. The van der Waals surface area contributed by atoms with Gasteiger partial charge in [0.05, 0.1) is 6.54 Å². The first-order valence-corrected chi connectivity index (χ1v) is 8.48. The molecule has 0 spiro atoms. The first-order chi connectivity index (χ1) is 9.76. The summed E-state index contributed by atoms with van der Waals surface area (Å²) in [5.74, 6) is 0.166. The van der Waals surface area contributed by atoms with E-state index in [2.05, 4.69) is 29.4 Å². The van der Waals surface area contributed by atoms with E-state index in [0.29, 0.717) is 12.6 Å². The summed E-state index contributed by atoms with van der Waals surface area (Å²) in [4.78, 5) is 14.3. The Hall–Kier alpha value is -0.610. The molecule has 2 N–H and O–H groups in total. The molecule has 1 rings (SSSR count). The number of nitrogens with zero attached hydrogens (tertiary/aromatic N) is 1. The molecule has 0 aromatic rings. The van der Waals surface area contributed by atoms with E-state index < -0.39 is 0 Å². The third-order valence-electron chi connectivity index (χ3n) is 4.23. The zero-order chi connectivity index (χ0) is 14.6. The molecule has 0 unspecified atom stereocenters. The Morgan fingerprint density at radius 3 is 2.35 bits per heavy atom. The van der Waals surface area contributed by atoms with Gasteiger partial charge in [-0.1, -0.05) is 39.5 Å². The van der Waals surface area contributed by atoms with Crippen LogP contribution in [0.25, 0.3) is 0 Å². The van der Waals surface area contributed by atoms with Gasteiger partial charge >= 0.3 is 0 Å². The van der Waals surface area contributed by atoms with Crippen molar-refractivity contribution in [3.8, 4) is 0 Å². The van der Waals surface area contributed by atoms with Crippen molar-refractivity contribution in [3.63, 3.8) is 0 Å². The smallest absolute Gasteiger partial charge is 0.234 e. The predicted octanol–water partition coefficient (Wildman–Crippen LogP) is 2.15. The predicted molar refractivity (Wildman–Crippen MR) is 84.9 cm³/mol. The van der Waals surface area contributed by atoms with E-state index in [4.69, 9.17) is 0 Å². The Labute approximate surface area is 124 Å². The highest BCUT2D eigenvalue weighted by molar-refractivity contribution is 5.78. The summed E-state index contributed by atoms with van der Waals surface area (Å²) in [6.45, 7) is 9.11. The van der Waals surface area contributed by atoms with Gasteiger partial charge in [0.1, 0.15) is 0 Å². The molecule has 0 aromatic carbocycles. The van der Waals surface area contributed by atoms with E-state index >= 15 is 0 Å². The molecule has 0 aromatic heterocycles. The molecule has 0 heterocycles. The van der Waals surface area contributed by atoms with E-state index in [-0.39, 0.29) is 5.91 Å². The Bertz CT molecular complexity index is 246. The van der Waals surface area contributed by atoms with E-state index in [1.807, 2.05) is 0 Å². The fourth-order valence-corrected chi connectivity index (χ4v) is 2.87. The minimum Gasteiger partial charge on any atom is -0.352 e. The zero-order valence-corrected chi connectivity index (χ0v) is 13.4. The molecule has 118 valence electrons. The van der Waals surface area contributed by atoms with Gasteiger partial charge in [0.25, 0.3) is 0 Å².